The molecule has 0 bridgehead atoms. The van der Waals surface area contributed by atoms with Crippen molar-refractivity contribution in [3.8, 4) is 0 Å². The Labute approximate surface area is 124 Å². The summed E-state index contributed by atoms with van der Waals surface area (Å²) in [7, 11) is 0. The minimum atomic E-state index is -0.0594. The van der Waals surface area contributed by atoms with Crippen molar-refractivity contribution in [1.29, 1.82) is 0 Å². The van der Waals surface area contributed by atoms with Gasteiger partial charge < -0.3 is 5.32 Å². The van der Waals surface area contributed by atoms with Crippen LogP contribution in [-0.4, -0.2) is 12.1 Å². The Bertz CT molecular complexity index is 439. The van der Waals surface area contributed by atoms with E-state index >= 15 is 0 Å². The molecule has 2 unspecified atom stereocenters. The molecule has 0 amide bonds. The maximum absolute atomic E-state index is 14.0. The van der Waals surface area contributed by atoms with Gasteiger partial charge in [0, 0.05) is 10.0 Å². The van der Waals surface area contributed by atoms with Crippen molar-refractivity contribution >= 4 is 15.9 Å². The molecule has 3 heteroatoms. The largest absolute Gasteiger partial charge is 0.312 e. The second-order valence-electron chi connectivity index (χ2n) is 6.59. The molecule has 1 saturated carbocycles. The van der Waals surface area contributed by atoms with Crippen LogP contribution in [0.25, 0.3) is 0 Å². The zero-order valence-corrected chi connectivity index (χ0v) is 13.6. The average Bonchev–Trinajstić information content (AvgIpc) is 2.77. The number of benzene rings is 1. The molecule has 2 rings (SSSR count). The lowest BCUT2D eigenvalue weighted by Crippen LogP contribution is -2.39. The van der Waals surface area contributed by atoms with Gasteiger partial charge in [-0.15, -0.1) is 0 Å². The van der Waals surface area contributed by atoms with Gasteiger partial charge in [0.05, 0.1) is 0 Å². The van der Waals surface area contributed by atoms with Crippen LogP contribution in [0.5, 0.6) is 0 Å². The van der Waals surface area contributed by atoms with E-state index in [4.69, 9.17) is 0 Å². The molecule has 0 aliphatic heterocycles. The summed E-state index contributed by atoms with van der Waals surface area (Å²) in [6.45, 7) is 7.50. The molecule has 1 fully saturated rings. The summed E-state index contributed by atoms with van der Waals surface area (Å²) >= 11 is 3.45. The Balaban J connectivity index is 2.12. The summed E-state index contributed by atoms with van der Waals surface area (Å²) in [6.07, 6.45) is 3.50. The second-order valence-corrected chi connectivity index (χ2v) is 7.51. The van der Waals surface area contributed by atoms with Crippen molar-refractivity contribution in [2.75, 3.05) is 6.54 Å². The van der Waals surface area contributed by atoms with Gasteiger partial charge in [-0.2, -0.15) is 0 Å². The van der Waals surface area contributed by atoms with Gasteiger partial charge in [0.1, 0.15) is 5.82 Å². The molecule has 1 aliphatic carbocycles. The maximum Gasteiger partial charge on any atom is 0.126 e. The minimum Gasteiger partial charge on any atom is -0.312 e. The monoisotopic (exact) mass is 327 g/mol. The van der Waals surface area contributed by atoms with Crippen LogP contribution in [0.15, 0.2) is 22.7 Å². The smallest absolute Gasteiger partial charge is 0.126 e. The van der Waals surface area contributed by atoms with E-state index in [1.54, 1.807) is 12.1 Å². The van der Waals surface area contributed by atoms with Crippen molar-refractivity contribution in [3.63, 3.8) is 0 Å². The molecular formula is C16H23BrFN. The Morgan fingerprint density at radius 2 is 2.05 bits per heavy atom. The number of halogens is 2. The van der Waals surface area contributed by atoms with Gasteiger partial charge in [-0.25, -0.2) is 4.39 Å². The van der Waals surface area contributed by atoms with E-state index in [9.17, 15) is 4.39 Å². The van der Waals surface area contributed by atoms with E-state index in [1.165, 1.54) is 12.8 Å². The van der Waals surface area contributed by atoms with Crippen molar-refractivity contribution in [2.45, 2.75) is 51.5 Å². The predicted octanol–water partition coefficient (Wildman–Crippen LogP) is 4.86. The predicted molar refractivity (Wildman–Crippen MR) is 81.9 cm³/mol. The maximum atomic E-state index is 14.0. The molecule has 0 saturated heterocycles. The first-order valence-corrected chi connectivity index (χ1v) is 7.86. The summed E-state index contributed by atoms with van der Waals surface area (Å²) in [5, 5.41) is 3.56. The quantitative estimate of drug-likeness (QED) is 0.835. The third-order valence-electron chi connectivity index (χ3n) is 3.91. The summed E-state index contributed by atoms with van der Waals surface area (Å²) in [4.78, 5) is 0. The summed E-state index contributed by atoms with van der Waals surface area (Å²) in [5.74, 6) is 0.839. The Hall–Kier alpha value is -0.410. The van der Waals surface area contributed by atoms with Crippen LogP contribution in [0.4, 0.5) is 4.39 Å². The van der Waals surface area contributed by atoms with Crippen molar-refractivity contribution in [3.05, 3.63) is 34.1 Å². The highest BCUT2D eigenvalue weighted by Crippen LogP contribution is 2.41. The summed E-state index contributed by atoms with van der Waals surface area (Å²) in [6, 6.07) is 5.30. The standard InChI is InChI=1S/C16H23BrFN/c1-16(2,3)19-10-11-5-4-6-13(11)14-9-12(17)7-8-15(14)18/h7-9,11,13,19H,4-6,10H2,1-3H3. The first kappa shape index (κ1) is 15.0. The van der Waals surface area contributed by atoms with Gasteiger partial charge in [-0.1, -0.05) is 22.4 Å². The van der Waals surface area contributed by atoms with E-state index in [0.717, 1.165) is 23.0 Å². The van der Waals surface area contributed by atoms with E-state index in [1.807, 2.05) is 6.07 Å². The molecule has 0 aromatic heterocycles. The van der Waals surface area contributed by atoms with Crippen LogP contribution in [-0.2, 0) is 0 Å². The molecule has 0 spiro atoms. The lowest BCUT2D eigenvalue weighted by atomic mass is 9.88. The first-order valence-electron chi connectivity index (χ1n) is 7.07. The molecule has 106 valence electrons. The third kappa shape index (κ3) is 4.03. The van der Waals surface area contributed by atoms with Crippen molar-refractivity contribution < 1.29 is 4.39 Å². The number of nitrogens with one attached hydrogen (secondary N) is 1. The average molecular weight is 328 g/mol. The van der Waals surface area contributed by atoms with Crippen LogP contribution >= 0.6 is 15.9 Å². The van der Waals surface area contributed by atoms with Gasteiger partial charge in [-0.05, 0) is 75.8 Å². The van der Waals surface area contributed by atoms with E-state index in [-0.39, 0.29) is 11.4 Å². The molecule has 2 atom stereocenters. The molecule has 0 radical (unpaired) electrons. The highest BCUT2D eigenvalue weighted by atomic mass is 79.9. The molecule has 1 aliphatic rings. The SMILES string of the molecule is CC(C)(C)NCC1CCCC1c1cc(Br)ccc1F. The summed E-state index contributed by atoms with van der Waals surface area (Å²) < 4.78 is 15.0. The molecule has 1 aromatic rings. The van der Waals surface area contributed by atoms with Crippen molar-refractivity contribution in [1.82, 2.24) is 5.32 Å². The van der Waals surface area contributed by atoms with Crippen LogP contribution in [0, 0.1) is 11.7 Å². The Kier molecular flexibility index (Phi) is 4.67. The van der Waals surface area contributed by atoms with Gasteiger partial charge in [-0.3, -0.25) is 0 Å². The molecule has 1 N–H and O–H groups in total. The summed E-state index contributed by atoms with van der Waals surface area (Å²) in [5.41, 5.74) is 1.01. The molecule has 1 nitrogen and oxygen atoms in total. The number of rotatable bonds is 3. The van der Waals surface area contributed by atoms with Crippen LogP contribution in [0.1, 0.15) is 51.5 Å². The minimum absolute atomic E-state index is 0.0594. The molecule has 1 aromatic carbocycles. The van der Waals surface area contributed by atoms with Gasteiger partial charge in [0.15, 0.2) is 0 Å². The number of hydrogen-bond donors (Lipinski definition) is 1. The van der Waals surface area contributed by atoms with Gasteiger partial charge in [0.25, 0.3) is 0 Å². The van der Waals surface area contributed by atoms with Gasteiger partial charge >= 0.3 is 0 Å². The normalized spacial score (nSPS) is 23.8. The first-order chi connectivity index (χ1) is 8.87. The van der Waals surface area contributed by atoms with E-state index < -0.39 is 0 Å². The van der Waals surface area contributed by atoms with E-state index in [0.29, 0.717) is 11.8 Å². The molecule has 19 heavy (non-hydrogen) atoms. The Morgan fingerprint density at radius 3 is 2.74 bits per heavy atom. The lowest BCUT2D eigenvalue weighted by molar-refractivity contribution is 0.353. The highest BCUT2D eigenvalue weighted by molar-refractivity contribution is 9.10. The fraction of sp³-hybridized carbons (Fsp3) is 0.625. The van der Waals surface area contributed by atoms with Crippen LogP contribution in [0.2, 0.25) is 0 Å². The fourth-order valence-electron chi connectivity index (χ4n) is 2.93. The van der Waals surface area contributed by atoms with Crippen LogP contribution in [0.3, 0.4) is 0 Å². The highest BCUT2D eigenvalue weighted by Gasteiger charge is 2.31. The topological polar surface area (TPSA) is 12.0 Å². The van der Waals surface area contributed by atoms with Crippen LogP contribution < -0.4 is 5.32 Å². The third-order valence-corrected chi connectivity index (χ3v) is 4.40. The Morgan fingerprint density at radius 1 is 1.32 bits per heavy atom. The molecular weight excluding hydrogens is 305 g/mol. The second kappa shape index (κ2) is 5.92. The van der Waals surface area contributed by atoms with E-state index in [2.05, 4.69) is 42.0 Å². The van der Waals surface area contributed by atoms with Gasteiger partial charge in [0.2, 0.25) is 0 Å². The zero-order chi connectivity index (χ0) is 14.0. The molecule has 0 heterocycles. The number of hydrogen-bond acceptors (Lipinski definition) is 1. The van der Waals surface area contributed by atoms with Crippen molar-refractivity contribution in [2.24, 2.45) is 5.92 Å². The zero-order valence-electron chi connectivity index (χ0n) is 12.0. The lowest BCUT2D eigenvalue weighted by Gasteiger charge is -2.27. The fourth-order valence-corrected chi connectivity index (χ4v) is 3.31.